The molecule has 0 aromatic heterocycles. The Hall–Kier alpha value is -0.770. The third-order valence-corrected chi connectivity index (χ3v) is 4.81. The van der Waals surface area contributed by atoms with Crippen LogP contribution in [0.1, 0.15) is 63.4 Å². The number of nitrogens with one attached hydrogen (secondary N) is 1. The number of rotatable bonds is 8. The molecule has 0 bridgehead atoms. The van der Waals surface area contributed by atoms with Crippen molar-refractivity contribution in [3.05, 3.63) is 34.9 Å². The fourth-order valence-corrected chi connectivity index (χ4v) is 3.55. The third kappa shape index (κ3) is 5.98. The van der Waals surface area contributed by atoms with E-state index in [1.807, 2.05) is 18.2 Å². The molecule has 1 aliphatic rings. The zero-order valence-corrected chi connectivity index (χ0v) is 15.2. The Morgan fingerprint density at radius 3 is 2.52 bits per heavy atom. The van der Waals surface area contributed by atoms with E-state index in [9.17, 15) is 4.79 Å². The van der Waals surface area contributed by atoms with Gasteiger partial charge >= 0.3 is 0 Å². The maximum atomic E-state index is 12.3. The second-order valence-corrected chi connectivity index (χ2v) is 6.74. The first-order chi connectivity index (χ1) is 10.7. The molecule has 0 unspecified atom stereocenters. The van der Waals surface area contributed by atoms with Gasteiger partial charge in [0, 0.05) is 11.4 Å². The minimum Gasteiger partial charge on any atom is -0.347 e. The lowest BCUT2D eigenvalue weighted by Gasteiger charge is -2.31. The van der Waals surface area contributed by atoms with Gasteiger partial charge in [-0.25, -0.2) is 0 Å². The molecule has 5 heteroatoms. The van der Waals surface area contributed by atoms with Crippen molar-refractivity contribution in [1.29, 1.82) is 0 Å². The van der Waals surface area contributed by atoms with Crippen LogP contribution in [0.5, 0.6) is 0 Å². The van der Waals surface area contributed by atoms with E-state index < -0.39 is 0 Å². The van der Waals surface area contributed by atoms with Crippen molar-refractivity contribution in [2.24, 2.45) is 5.73 Å². The van der Waals surface area contributed by atoms with Gasteiger partial charge in [-0.2, -0.15) is 0 Å². The predicted molar refractivity (Wildman–Crippen MR) is 99.1 cm³/mol. The normalized spacial score (nSPS) is 15.9. The van der Waals surface area contributed by atoms with Gasteiger partial charge in [0.15, 0.2) is 0 Å². The molecule has 0 radical (unpaired) electrons. The number of halogens is 2. The summed E-state index contributed by atoms with van der Waals surface area (Å²) >= 11 is 6.13. The Morgan fingerprint density at radius 2 is 1.87 bits per heavy atom. The molecule has 1 saturated carbocycles. The number of benzene rings is 1. The number of hydrogen-bond donors (Lipinski definition) is 2. The molecular weight excluding hydrogens is 331 g/mol. The molecule has 1 aromatic carbocycles. The SMILES string of the molecule is Cl.NCCCCCCC(=O)NC1(c2cccc(Cl)c2)CCCC1. The zero-order valence-electron chi connectivity index (χ0n) is 13.7. The molecule has 1 fully saturated rings. The maximum Gasteiger partial charge on any atom is 0.220 e. The molecule has 130 valence electrons. The van der Waals surface area contributed by atoms with Crippen molar-refractivity contribution in [3.8, 4) is 0 Å². The van der Waals surface area contributed by atoms with E-state index in [1.165, 1.54) is 0 Å². The summed E-state index contributed by atoms with van der Waals surface area (Å²) in [6, 6.07) is 7.93. The Labute approximate surface area is 150 Å². The van der Waals surface area contributed by atoms with Crippen LogP contribution < -0.4 is 11.1 Å². The van der Waals surface area contributed by atoms with Crippen LogP contribution in [0.4, 0.5) is 0 Å². The number of hydrogen-bond acceptors (Lipinski definition) is 2. The number of unbranched alkanes of at least 4 members (excludes halogenated alkanes) is 3. The van der Waals surface area contributed by atoms with Crippen LogP contribution in [-0.2, 0) is 10.3 Å². The number of carbonyl (C=O) groups is 1. The first-order valence-corrected chi connectivity index (χ1v) is 8.81. The van der Waals surface area contributed by atoms with E-state index in [4.69, 9.17) is 17.3 Å². The lowest BCUT2D eigenvalue weighted by atomic mass is 9.88. The van der Waals surface area contributed by atoms with Gasteiger partial charge in [-0.05, 0) is 49.9 Å². The lowest BCUT2D eigenvalue weighted by Crippen LogP contribution is -2.43. The van der Waals surface area contributed by atoms with Crippen LogP contribution >= 0.6 is 24.0 Å². The van der Waals surface area contributed by atoms with E-state index in [-0.39, 0.29) is 23.9 Å². The molecule has 23 heavy (non-hydrogen) atoms. The quantitative estimate of drug-likeness (QED) is 0.669. The summed E-state index contributed by atoms with van der Waals surface area (Å²) in [5.74, 6) is 0.162. The molecule has 0 atom stereocenters. The summed E-state index contributed by atoms with van der Waals surface area (Å²) in [6.45, 7) is 0.740. The van der Waals surface area contributed by atoms with E-state index in [0.29, 0.717) is 6.42 Å². The van der Waals surface area contributed by atoms with Crippen molar-refractivity contribution in [2.45, 2.75) is 63.3 Å². The highest BCUT2D eigenvalue weighted by Crippen LogP contribution is 2.39. The highest BCUT2D eigenvalue weighted by molar-refractivity contribution is 6.30. The monoisotopic (exact) mass is 358 g/mol. The molecule has 0 spiro atoms. The molecule has 0 aliphatic heterocycles. The van der Waals surface area contributed by atoms with Gasteiger partial charge in [0.1, 0.15) is 0 Å². The predicted octanol–water partition coefficient (Wildman–Crippen LogP) is 4.56. The van der Waals surface area contributed by atoms with Crippen LogP contribution in [-0.4, -0.2) is 12.5 Å². The van der Waals surface area contributed by atoms with Crippen LogP contribution in [0.15, 0.2) is 24.3 Å². The van der Waals surface area contributed by atoms with Crippen molar-refractivity contribution in [1.82, 2.24) is 5.32 Å². The van der Waals surface area contributed by atoms with Crippen LogP contribution in [0, 0.1) is 0 Å². The molecule has 3 nitrogen and oxygen atoms in total. The van der Waals surface area contributed by atoms with E-state index in [1.54, 1.807) is 0 Å². The minimum absolute atomic E-state index is 0. The Balaban J connectivity index is 0.00000264. The van der Waals surface area contributed by atoms with Gasteiger partial charge < -0.3 is 11.1 Å². The van der Waals surface area contributed by atoms with Gasteiger partial charge in [-0.15, -0.1) is 12.4 Å². The summed E-state index contributed by atoms with van der Waals surface area (Å²) in [5.41, 5.74) is 6.42. The van der Waals surface area contributed by atoms with Gasteiger partial charge in [0.25, 0.3) is 0 Å². The van der Waals surface area contributed by atoms with Gasteiger partial charge in [0.05, 0.1) is 5.54 Å². The largest absolute Gasteiger partial charge is 0.347 e. The second-order valence-electron chi connectivity index (χ2n) is 6.30. The molecule has 0 saturated heterocycles. The Kier molecular flexibility index (Phi) is 8.96. The smallest absolute Gasteiger partial charge is 0.220 e. The molecular formula is C18H28Cl2N2O. The third-order valence-electron chi connectivity index (χ3n) is 4.57. The molecule has 1 aromatic rings. The second kappa shape index (κ2) is 10.2. The number of nitrogens with two attached hydrogens (primary N) is 1. The summed E-state index contributed by atoms with van der Waals surface area (Å²) in [7, 11) is 0. The molecule has 0 heterocycles. The van der Waals surface area contributed by atoms with Crippen molar-refractivity contribution in [2.75, 3.05) is 6.54 Å². The van der Waals surface area contributed by atoms with Crippen molar-refractivity contribution in [3.63, 3.8) is 0 Å². The summed E-state index contributed by atoms with van der Waals surface area (Å²) in [6.07, 6.45) is 9.11. The Bertz CT molecular complexity index is 488. The fraction of sp³-hybridized carbons (Fsp3) is 0.611. The van der Waals surface area contributed by atoms with Gasteiger partial charge in [0.2, 0.25) is 5.91 Å². The topological polar surface area (TPSA) is 55.1 Å². The summed E-state index contributed by atoms with van der Waals surface area (Å²) in [4.78, 5) is 12.3. The fourth-order valence-electron chi connectivity index (χ4n) is 3.36. The van der Waals surface area contributed by atoms with Gasteiger partial charge in [-0.1, -0.05) is 49.4 Å². The lowest BCUT2D eigenvalue weighted by molar-refractivity contribution is -0.123. The van der Waals surface area contributed by atoms with E-state index in [0.717, 1.165) is 68.5 Å². The zero-order chi connectivity index (χ0) is 15.8. The van der Waals surface area contributed by atoms with Crippen molar-refractivity contribution < 1.29 is 4.79 Å². The average molecular weight is 359 g/mol. The Morgan fingerprint density at radius 1 is 1.17 bits per heavy atom. The maximum absolute atomic E-state index is 12.3. The van der Waals surface area contributed by atoms with Gasteiger partial charge in [-0.3, -0.25) is 4.79 Å². The average Bonchev–Trinajstić information content (AvgIpc) is 2.97. The molecule has 1 aliphatic carbocycles. The first kappa shape index (κ1) is 20.3. The van der Waals surface area contributed by atoms with Crippen LogP contribution in [0.3, 0.4) is 0 Å². The molecule has 2 rings (SSSR count). The minimum atomic E-state index is -0.209. The number of carbonyl (C=O) groups excluding carboxylic acids is 1. The molecule has 3 N–H and O–H groups in total. The highest BCUT2D eigenvalue weighted by Gasteiger charge is 2.36. The first-order valence-electron chi connectivity index (χ1n) is 8.43. The van der Waals surface area contributed by atoms with Crippen LogP contribution in [0.25, 0.3) is 0 Å². The number of amides is 1. The van der Waals surface area contributed by atoms with Crippen molar-refractivity contribution >= 4 is 29.9 Å². The highest BCUT2D eigenvalue weighted by atomic mass is 35.5. The van der Waals surface area contributed by atoms with Crippen LogP contribution in [0.2, 0.25) is 5.02 Å². The summed E-state index contributed by atoms with van der Waals surface area (Å²) in [5, 5.41) is 4.04. The standard InChI is InChI=1S/C18H27ClN2O.ClH/c19-16-9-7-8-15(14-16)18(11-4-5-12-18)21-17(22)10-3-1-2-6-13-20;/h7-9,14H,1-6,10-13,20H2,(H,21,22);1H. The molecule has 1 amide bonds. The van der Waals surface area contributed by atoms with E-state index >= 15 is 0 Å². The summed E-state index contributed by atoms with van der Waals surface area (Å²) < 4.78 is 0. The van der Waals surface area contributed by atoms with E-state index in [2.05, 4.69) is 11.4 Å².